The van der Waals surface area contributed by atoms with E-state index in [9.17, 15) is 15.3 Å². The summed E-state index contributed by atoms with van der Waals surface area (Å²) in [6, 6.07) is 0. The molecule has 4 atom stereocenters. The van der Waals surface area contributed by atoms with Gasteiger partial charge in [0, 0.05) is 5.97 Å². The summed E-state index contributed by atoms with van der Waals surface area (Å²) < 4.78 is 5.49. The zero-order chi connectivity index (χ0) is 15.9. The highest BCUT2D eigenvalue weighted by Gasteiger charge is 2.48. The molecule has 1 radical (unpaired) electrons. The zero-order valence-corrected chi connectivity index (χ0v) is 11.4. The standard InChI is InChI=1S/C11H14BN6O4/c13-2-12-18-4-17(10-6(18)9(14)15-3-16-10)11-8(21)7(20)5(1-19)22-11/h3,5,7-8,11,19-21H,1,4H2,(H2,14,15,16)/t5-,7-,8+,11-/m1/s1. The molecule has 1 saturated heterocycles. The first-order chi connectivity index (χ1) is 10.6. The van der Waals surface area contributed by atoms with Gasteiger partial charge in [-0.3, -0.25) is 0 Å². The highest BCUT2D eigenvalue weighted by molar-refractivity contribution is 6.51. The lowest BCUT2D eigenvalue weighted by Gasteiger charge is -2.27. The molecule has 22 heavy (non-hydrogen) atoms. The first-order valence-corrected chi connectivity index (χ1v) is 6.57. The van der Waals surface area contributed by atoms with Gasteiger partial charge in [-0.15, -0.1) is 0 Å². The molecule has 2 aliphatic heterocycles. The molecule has 0 bridgehead atoms. The lowest BCUT2D eigenvalue weighted by Crippen LogP contribution is -2.46. The van der Waals surface area contributed by atoms with Gasteiger partial charge in [0.1, 0.15) is 30.3 Å². The molecule has 115 valence electrons. The van der Waals surface area contributed by atoms with E-state index in [0.29, 0.717) is 11.5 Å². The van der Waals surface area contributed by atoms with Crippen LogP contribution in [0.5, 0.6) is 0 Å². The Hall–Kier alpha value is -2.13. The van der Waals surface area contributed by atoms with Gasteiger partial charge in [0.25, 0.3) is 0 Å². The number of anilines is 3. The molecule has 0 unspecified atom stereocenters. The van der Waals surface area contributed by atoms with Crippen molar-refractivity contribution in [2.24, 2.45) is 0 Å². The third-order valence-electron chi connectivity index (χ3n) is 3.73. The van der Waals surface area contributed by atoms with Crippen molar-refractivity contribution >= 4 is 24.7 Å². The fraction of sp³-hybridized carbons (Fsp3) is 0.545. The molecule has 1 fully saturated rings. The number of rotatable bonds is 3. The van der Waals surface area contributed by atoms with Crippen molar-refractivity contribution in [1.82, 2.24) is 9.97 Å². The van der Waals surface area contributed by atoms with Crippen LogP contribution in [-0.2, 0) is 4.74 Å². The summed E-state index contributed by atoms with van der Waals surface area (Å²) in [7, 11) is 1.25. The molecular weight excluding hydrogens is 291 g/mol. The Labute approximate surface area is 126 Å². The van der Waals surface area contributed by atoms with Crippen molar-refractivity contribution in [3.05, 3.63) is 6.33 Å². The maximum Gasteiger partial charge on any atom is 0.388 e. The molecule has 5 N–H and O–H groups in total. The Balaban J connectivity index is 1.94. The normalized spacial score (nSPS) is 30.3. The predicted octanol–water partition coefficient (Wildman–Crippen LogP) is -2.82. The molecule has 2 aliphatic rings. The minimum atomic E-state index is -1.23. The van der Waals surface area contributed by atoms with Crippen LogP contribution in [0.25, 0.3) is 0 Å². The van der Waals surface area contributed by atoms with Crippen molar-refractivity contribution < 1.29 is 20.1 Å². The lowest BCUT2D eigenvalue weighted by atomic mass is 9.95. The van der Waals surface area contributed by atoms with Crippen LogP contribution in [0.3, 0.4) is 0 Å². The van der Waals surface area contributed by atoms with Crippen LogP contribution in [0, 0.1) is 11.2 Å². The second-order valence-corrected chi connectivity index (χ2v) is 5.00. The van der Waals surface area contributed by atoms with Crippen LogP contribution in [0.2, 0.25) is 0 Å². The molecule has 10 nitrogen and oxygen atoms in total. The number of nitrogens with zero attached hydrogens (tertiary/aromatic N) is 5. The number of nitrogen functional groups attached to an aromatic ring is 1. The van der Waals surface area contributed by atoms with E-state index >= 15 is 0 Å². The van der Waals surface area contributed by atoms with Crippen molar-refractivity contribution in [2.45, 2.75) is 24.5 Å². The third-order valence-corrected chi connectivity index (χ3v) is 3.73. The van der Waals surface area contributed by atoms with Crippen molar-refractivity contribution in [1.29, 1.82) is 5.26 Å². The summed E-state index contributed by atoms with van der Waals surface area (Å²) in [5.41, 5.74) is 6.26. The van der Waals surface area contributed by atoms with E-state index in [1.54, 1.807) is 4.90 Å². The number of aliphatic hydroxyl groups excluding tert-OH is 3. The van der Waals surface area contributed by atoms with E-state index in [0.717, 1.165) is 0 Å². The number of hydrogen-bond acceptors (Lipinski definition) is 10. The maximum atomic E-state index is 10.1. The largest absolute Gasteiger partial charge is 0.394 e. The van der Waals surface area contributed by atoms with E-state index in [4.69, 9.17) is 15.7 Å². The molecule has 0 amide bonds. The molecule has 11 heteroatoms. The average molecular weight is 305 g/mol. The van der Waals surface area contributed by atoms with E-state index < -0.39 is 31.1 Å². The minimum absolute atomic E-state index is 0.151. The van der Waals surface area contributed by atoms with Crippen LogP contribution in [-0.4, -0.2) is 70.5 Å². The maximum absolute atomic E-state index is 10.1. The van der Waals surface area contributed by atoms with Gasteiger partial charge in [0.05, 0.1) is 13.3 Å². The molecule has 1 aromatic heterocycles. The molecule has 0 saturated carbocycles. The Morgan fingerprint density at radius 1 is 1.45 bits per heavy atom. The molecule has 0 aromatic carbocycles. The highest BCUT2D eigenvalue weighted by Crippen LogP contribution is 2.40. The Morgan fingerprint density at radius 2 is 2.23 bits per heavy atom. The molecule has 1 aromatic rings. The van der Waals surface area contributed by atoms with Crippen LogP contribution in [0.1, 0.15) is 0 Å². The fourth-order valence-electron chi connectivity index (χ4n) is 2.68. The van der Waals surface area contributed by atoms with Gasteiger partial charge in [-0.25, -0.2) is 15.2 Å². The summed E-state index contributed by atoms with van der Waals surface area (Å²) >= 11 is 0. The lowest BCUT2D eigenvalue weighted by molar-refractivity contribution is -0.0221. The van der Waals surface area contributed by atoms with Crippen LogP contribution < -0.4 is 15.4 Å². The minimum Gasteiger partial charge on any atom is -0.394 e. The third kappa shape index (κ3) is 2.13. The SMILES string of the molecule is N#C[B]N1CN([C@@H]2O[C@H](CO)[C@@H](O)[C@@H]2O)c2ncnc(N)c21. The average Bonchev–Trinajstić information content (AvgIpc) is 3.00. The molecule has 0 spiro atoms. The number of nitriles is 1. The summed E-state index contributed by atoms with van der Waals surface area (Å²) in [4.78, 5) is 11.1. The number of fused-ring (bicyclic) bond motifs is 1. The van der Waals surface area contributed by atoms with Gasteiger partial charge in [-0.1, -0.05) is 0 Å². The summed E-state index contributed by atoms with van der Waals surface area (Å²) in [5, 5.41) is 38.0. The monoisotopic (exact) mass is 305 g/mol. The van der Waals surface area contributed by atoms with Crippen molar-refractivity contribution in [3.8, 4) is 5.97 Å². The quantitative estimate of drug-likeness (QED) is 0.430. The smallest absolute Gasteiger partial charge is 0.388 e. The van der Waals surface area contributed by atoms with Gasteiger partial charge in [-0.05, 0) is 0 Å². The second-order valence-electron chi connectivity index (χ2n) is 5.00. The predicted molar refractivity (Wildman–Crippen MR) is 75.4 cm³/mol. The zero-order valence-electron chi connectivity index (χ0n) is 11.4. The number of aliphatic hydroxyl groups is 3. The van der Waals surface area contributed by atoms with Crippen molar-refractivity contribution in [3.63, 3.8) is 0 Å². The number of ether oxygens (including phenoxy) is 1. The van der Waals surface area contributed by atoms with E-state index in [2.05, 4.69) is 9.97 Å². The number of nitrogens with two attached hydrogens (primary N) is 1. The van der Waals surface area contributed by atoms with Crippen LogP contribution in [0.15, 0.2) is 6.33 Å². The highest BCUT2D eigenvalue weighted by atomic mass is 16.6. The summed E-state index contributed by atoms with van der Waals surface area (Å²) in [6.07, 6.45) is -3.00. The topological polar surface area (TPSA) is 152 Å². The Bertz CT molecular complexity index is 613. The molecule has 3 rings (SSSR count). The van der Waals surface area contributed by atoms with Gasteiger partial charge >= 0.3 is 7.41 Å². The van der Waals surface area contributed by atoms with Crippen LogP contribution in [0.4, 0.5) is 17.3 Å². The van der Waals surface area contributed by atoms with Gasteiger partial charge in [0.15, 0.2) is 17.9 Å². The molecule has 3 heterocycles. The van der Waals surface area contributed by atoms with Gasteiger partial charge < -0.3 is 35.5 Å². The summed E-state index contributed by atoms with van der Waals surface area (Å²) in [5.74, 6) is 2.47. The summed E-state index contributed by atoms with van der Waals surface area (Å²) in [6.45, 7) is -0.270. The molecule has 0 aliphatic carbocycles. The van der Waals surface area contributed by atoms with Crippen LogP contribution >= 0.6 is 0 Å². The Kier molecular flexibility index (Phi) is 3.75. The molecular formula is C11H14BN6O4. The van der Waals surface area contributed by atoms with E-state index in [-0.39, 0.29) is 12.5 Å². The number of hydrogen-bond donors (Lipinski definition) is 4. The Morgan fingerprint density at radius 3 is 2.86 bits per heavy atom. The fourth-order valence-corrected chi connectivity index (χ4v) is 2.68. The van der Waals surface area contributed by atoms with Crippen molar-refractivity contribution in [2.75, 3.05) is 28.7 Å². The van der Waals surface area contributed by atoms with E-state index in [1.807, 2.05) is 5.97 Å². The van der Waals surface area contributed by atoms with Gasteiger partial charge in [0.2, 0.25) is 0 Å². The van der Waals surface area contributed by atoms with E-state index in [1.165, 1.54) is 18.6 Å². The number of aromatic nitrogens is 2. The second kappa shape index (κ2) is 5.58. The first-order valence-electron chi connectivity index (χ1n) is 6.57. The first kappa shape index (κ1) is 14.8. The van der Waals surface area contributed by atoms with Gasteiger partial charge in [-0.2, -0.15) is 0 Å².